The summed E-state index contributed by atoms with van der Waals surface area (Å²) < 4.78 is 32.0. The normalized spacial score (nSPS) is 16.1. The molecule has 1 heterocycles. The van der Waals surface area contributed by atoms with Crippen LogP contribution in [-0.2, 0) is 16.6 Å². The molecule has 18 heavy (non-hydrogen) atoms. The molecule has 0 unspecified atom stereocenters. The number of nitrogens with one attached hydrogen (secondary N) is 2. The van der Waals surface area contributed by atoms with Crippen molar-refractivity contribution in [2.75, 3.05) is 6.54 Å². The maximum atomic E-state index is 12.0. The first-order valence-corrected chi connectivity index (χ1v) is 7.83. The molecule has 2 rings (SSSR count). The SMILES string of the molecule is CCCNS(=O)(=O)c1cc(CNC2CC2)oc1C. The molecule has 0 atom stereocenters. The number of rotatable bonds is 7. The van der Waals surface area contributed by atoms with Gasteiger partial charge in [0.15, 0.2) is 0 Å². The van der Waals surface area contributed by atoms with Gasteiger partial charge in [-0.05, 0) is 26.2 Å². The lowest BCUT2D eigenvalue weighted by Gasteiger charge is -2.02. The Morgan fingerprint density at radius 1 is 1.44 bits per heavy atom. The van der Waals surface area contributed by atoms with Gasteiger partial charge in [-0.2, -0.15) is 0 Å². The molecule has 2 N–H and O–H groups in total. The zero-order valence-corrected chi connectivity index (χ0v) is 11.6. The van der Waals surface area contributed by atoms with E-state index in [2.05, 4.69) is 10.0 Å². The van der Waals surface area contributed by atoms with E-state index in [1.807, 2.05) is 6.92 Å². The number of furan rings is 1. The second-order valence-corrected chi connectivity index (χ2v) is 6.42. The maximum absolute atomic E-state index is 12.0. The van der Waals surface area contributed by atoms with E-state index in [-0.39, 0.29) is 4.90 Å². The molecule has 0 radical (unpaired) electrons. The van der Waals surface area contributed by atoms with Crippen molar-refractivity contribution in [2.45, 2.75) is 50.6 Å². The van der Waals surface area contributed by atoms with Crippen LogP contribution in [0.5, 0.6) is 0 Å². The standard InChI is InChI=1S/C12H20N2O3S/c1-3-6-14-18(15,16)12-7-11(17-9(12)2)8-13-10-4-5-10/h7,10,13-14H,3-6,8H2,1-2H3. The van der Waals surface area contributed by atoms with Gasteiger partial charge in [-0.25, -0.2) is 13.1 Å². The van der Waals surface area contributed by atoms with Crippen molar-refractivity contribution in [3.8, 4) is 0 Å². The molecule has 0 aliphatic heterocycles. The molecule has 0 spiro atoms. The van der Waals surface area contributed by atoms with E-state index in [1.54, 1.807) is 13.0 Å². The van der Waals surface area contributed by atoms with E-state index in [0.717, 1.165) is 6.42 Å². The quantitative estimate of drug-likeness (QED) is 0.789. The predicted molar refractivity (Wildman–Crippen MR) is 68.8 cm³/mol. The molecule has 0 saturated heterocycles. The highest BCUT2D eigenvalue weighted by atomic mass is 32.2. The molecule has 5 nitrogen and oxygen atoms in total. The van der Waals surface area contributed by atoms with Crippen LogP contribution in [0.3, 0.4) is 0 Å². The van der Waals surface area contributed by atoms with Crippen LogP contribution in [-0.4, -0.2) is 21.0 Å². The zero-order valence-electron chi connectivity index (χ0n) is 10.8. The molecule has 1 aliphatic carbocycles. The van der Waals surface area contributed by atoms with Crippen molar-refractivity contribution in [3.05, 3.63) is 17.6 Å². The molecule has 1 saturated carbocycles. The smallest absolute Gasteiger partial charge is 0.244 e. The molecule has 1 aromatic rings. The lowest BCUT2D eigenvalue weighted by Crippen LogP contribution is -2.24. The van der Waals surface area contributed by atoms with Crippen LogP contribution in [0.1, 0.15) is 37.7 Å². The second-order valence-electron chi connectivity index (χ2n) is 4.69. The molecule has 1 fully saturated rings. The lowest BCUT2D eigenvalue weighted by atomic mass is 10.4. The van der Waals surface area contributed by atoms with Crippen LogP contribution in [0.4, 0.5) is 0 Å². The van der Waals surface area contributed by atoms with Gasteiger partial charge in [0, 0.05) is 18.7 Å². The highest BCUT2D eigenvalue weighted by molar-refractivity contribution is 7.89. The molecular formula is C12H20N2O3S. The Hall–Kier alpha value is -0.850. The summed E-state index contributed by atoms with van der Waals surface area (Å²) >= 11 is 0. The van der Waals surface area contributed by atoms with E-state index in [0.29, 0.717) is 30.7 Å². The Morgan fingerprint density at radius 2 is 2.17 bits per heavy atom. The fourth-order valence-electron chi connectivity index (χ4n) is 1.72. The molecule has 6 heteroatoms. The minimum absolute atomic E-state index is 0.253. The summed E-state index contributed by atoms with van der Waals surface area (Å²) in [5.74, 6) is 1.13. The molecule has 0 bridgehead atoms. The van der Waals surface area contributed by atoms with Gasteiger partial charge < -0.3 is 9.73 Å². The number of hydrogen-bond donors (Lipinski definition) is 2. The summed E-state index contributed by atoms with van der Waals surface area (Å²) in [5, 5.41) is 3.30. The highest BCUT2D eigenvalue weighted by Crippen LogP contribution is 2.22. The Morgan fingerprint density at radius 3 is 2.78 bits per heavy atom. The largest absolute Gasteiger partial charge is 0.464 e. The fraction of sp³-hybridized carbons (Fsp3) is 0.667. The van der Waals surface area contributed by atoms with Gasteiger partial charge >= 0.3 is 0 Å². The number of hydrogen-bond acceptors (Lipinski definition) is 4. The van der Waals surface area contributed by atoms with Gasteiger partial charge in [0.05, 0.1) is 6.54 Å². The third-order valence-electron chi connectivity index (χ3n) is 2.90. The third-order valence-corrected chi connectivity index (χ3v) is 4.47. The van der Waals surface area contributed by atoms with Gasteiger partial charge in [-0.1, -0.05) is 6.92 Å². The van der Waals surface area contributed by atoms with Gasteiger partial charge in [0.2, 0.25) is 10.0 Å². The average Bonchev–Trinajstić information content (AvgIpc) is 3.07. The summed E-state index contributed by atoms with van der Waals surface area (Å²) in [6.07, 6.45) is 3.16. The molecule has 1 aromatic heterocycles. The summed E-state index contributed by atoms with van der Waals surface area (Å²) in [5.41, 5.74) is 0. The van der Waals surface area contributed by atoms with E-state index in [1.165, 1.54) is 12.8 Å². The van der Waals surface area contributed by atoms with Crippen LogP contribution >= 0.6 is 0 Å². The number of aryl methyl sites for hydroxylation is 1. The zero-order chi connectivity index (χ0) is 13.2. The van der Waals surface area contributed by atoms with Gasteiger partial charge in [0.1, 0.15) is 16.4 Å². The summed E-state index contributed by atoms with van der Waals surface area (Å²) in [6.45, 7) is 4.65. The van der Waals surface area contributed by atoms with Gasteiger partial charge in [-0.3, -0.25) is 0 Å². The summed E-state index contributed by atoms with van der Waals surface area (Å²) in [7, 11) is -3.43. The van der Waals surface area contributed by atoms with Crippen LogP contribution in [0.25, 0.3) is 0 Å². The van der Waals surface area contributed by atoms with Crippen LogP contribution in [0.2, 0.25) is 0 Å². The fourth-order valence-corrected chi connectivity index (χ4v) is 3.06. The van der Waals surface area contributed by atoms with Crippen LogP contribution in [0, 0.1) is 6.92 Å². The van der Waals surface area contributed by atoms with Crippen LogP contribution < -0.4 is 10.0 Å². The van der Waals surface area contributed by atoms with Gasteiger partial charge in [0.25, 0.3) is 0 Å². The lowest BCUT2D eigenvalue weighted by molar-refractivity contribution is 0.456. The van der Waals surface area contributed by atoms with E-state index in [4.69, 9.17) is 4.42 Å². The third kappa shape index (κ3) is 3.34. The first-order valence-electron chi connectivity index (χ1n) is 6.35. The Labute approximate surface area is 108 Å². The molecular weight excluding hydrogens is 252 g/mol. The second kappa shape index (κ2) is 5.42. The predicted octanol–water partition coefficient (Wildman–Crippen LogP) is 1.53. The first kappa shape index (κ1) is 13.6. The van der Waals surface area contributed by atoms with Crippen molar-refractivity contribution >= 4 is 10.0 Å². The average molecular weight is 272 g/mol. The summed E-state index contributed by atoms with van der Waals surface area (Å²) in [6, 6.07) is 2.19. The van der Waals surface area contributed by atoms with E-state index >= 15 is 0 Å². The van der Waals surface area contributed by atoms with Crippen molar-refractivity contribution in [1.29, 1.82) is 0 Å². The van der Waals surface area contributed by atoms with Crippen molar-refractivity contribution in [3.63, 3.8) is 0 Å². The molecule has 102 valence electrons. The minimum atomic E-state index is -3.43. The van der Waals surface area contributed by atoms with Crippen molar-refractivity contribution < 1.29 is 12.8 Å². The molecule has 0 amide bonds. The highest BCUT2D eigenvalue weighted by Gasteiger charge is 2.23. The Bertz CT molecular complexity index is 503. The monoisotopic (exact) mass is 272 g/mol. The van der Waals surface area contributed by atoms with Crippen molar-refractivity contribution in [2.24, 2.45) is 0 Å². The van der Waals surface area contributed by atoms with E-state index < -0.39 is 10.0 Å². The van der Waals surface area contributed by atoms with Gasteiger partial charge in [-0.15, -0.1) is 0 Å². The van der Waals surface area contributed by atoms with E-state index in [9.17, 15) is 8.42 Å². The Balaban J connectivity index is 2.07. The minimum Gasteiger partial charge on any atom is -0.464 e. The molecule has 1 aliphatic rings. The van der Waals surface area contributed by atoms with Crippen molar-refractivity contribution in [1.82, 2.24) is 10.0 Å². The van der Waals surface area contributed by atoms with Crippen LogP contribution in [0.15, 0.2) is 15.4 Å². The Kier molecular flexibility index (Phi) is 4.09. The topological polar surface area (TPSA) is 71.3 Å². The maximum Gasteiger partial charge on any atom is 0.244 e. The molecule has 0 aromatic carbocycles. The number of sulfonamides is 1. The first-order chi connectivity index (χ1) is 8.53. The summed E-state index contributed by atoms with van der Waals surface area (Å²) in [4.78, 5) is 0.253.